The Hall–Kier alpha value is -4.39. The van der Waals surface area contributed by atoms with Crippen LogP contribution >= 0.6 is 0 Å². The highest BCUT2D eigenvalue weighted by atomic mass is 16.5. The first kappa shape index (κ1) is 27.4. The Morgan fingerprint density at radius 1 is 1.21 bits per heavy atom. The largest absolute Gasteiger partial charge is 0.488 e. The van der Waals surface area contributed by atoms with Crippen LogP contribution in [0.1, 0.15) is 74.3 Å². The number of fused-ring (bicyclic) bond motifs is 3. The van der Waals surface area contributed by atoms with Crippen LogP contribution in [0.5, 0.6) is 5.75 Å². The highest BCUT2D eigenvalue weighted by Crippen LogP contribution is 2.46. The molecule has 2 aliphatic carbocycles. The van der Waals surface area contributed by atoms with Crippen LogP contribution in [0.15, 0.2) is 42.6 Å². The molecular weight excluding hydrogens is 544 g/mol. The van der Waals surface area contributed by atoms with Crippen molar-refractivity contribution in [2.45, 2.75) is 82.0 Å². The number of para-hydroxylation sites is 1. The van der Waals surface area contributed by atoms with Gasteiger partial charge in [-0.2, -0.15) is 10.4 Å². The average Bonchev–Trinajstić information content (AvgIpc) is 3.91. The molecule has 0 unspecified atom stereocenters. The molecule has 3 amide bonds. The number of likely N-dealkylation sites (N-methyl/N-ethyl adjacent to an activating group) is 1. The third-order valence-electron chi connectivity index (χ3n) is 9.26. The number of likely N-dealkylation sites (tertiary alicyclic amines) is 1. The van der Waals surface area contributed by atoms with Gasteiger partial charge in [0.1, 0.15) is 23.3 Å². The second-order valence-electron chi connectivity index (χ2n) is 13.0. The molecule has 10 nitrogen and oxygen atoms in total. The maximum Gasteiger partial charge on any atom is 0.254 e. The maximum absolute atomic E-state index is 14.3. The van der Waals surface area contributed by atoms with Gasteiger partial charge in [0, 0.05) is 42.8 Å². The molecule has 0 bridgehead atoms. The molecular formula is C33H36N6O4. The van der Waals surface area contributed by atoms with Crippen LogP contribution in [-0.4, -0.2) is 69.1 Å². The highest BCUT2D eigenvalue weighted by Gasteiger charge is 2.56. The van der Waals surface area contributed by atoms with Crippen LogP contribution in [-0.2, 0) is 15.0 Å². The Kier molecular flexibility index (Phi) is 6.45. The topological polar surface area (TPSA) is 121 Å². The van der Waals surface area contributed by atoms with Gasteiger partial charge >= 0.3 is 0 Å². The number of nitrogens with one attached hydrogen (secondary N) is 1. The molecule has 10 heteroatoms. The summed E-state index contributed by atoms with van der Waals surface area (Å²) < 4.78 is 8.17. The Morgan fingerprint density at radius 3 is 2.67 bits per heavy atom. The monoisotopic (exact) mass is 580 g/mol. The van der Waals surface area contributed by atoms with E-state index in [-0.39, 0.29) is 42.7 Å². The Labute approximate surface area is 250 Å². The van der Waals surface area contributed by atoms with Crippen molar-refractivity contribution >= 4 is 34.3 Å². The Bertz CT molecular complexity index is 1680. The van der Waals surface area contributed by atoms with E-state index in [2.05, 4.69) is 11.4 Å². The molecule has 0 radical (unpaired) electrons. The predicted molar refractivity (Wildman–Crippen MR) is 159 cm³/mol. The minimum atomic E-state index is -0.987. The van der Waals surface area contributed by atoms with Gasteiger partial charge in [-0.1, -0.05) is 32.0 Å². The maximum atomic E-state index is 14.3. The zero-order valence-corrected chi connectivity index (χ0v) is 24.7. The smallest absolute Gasteiger partial charge is 0.254 e. The first-order chi connectivity index (χ1) is 20.7. The first-order valence-electron chi connectivity index (χ1n) is 15.3. The minimum absolute atomic E-state index is 0.0925. The summed E-state index contributed by atoms with van der Waals surface area (Å²) in [7, 11) is 1.65. The summed E-state index contributed by atoms with van der Waals surface area (Å²) in [5.74, 6) is -0.115. The predicted octanol–water partition coefficient (Wildman–Crippen LogP) is 4.41. The van der Waals surface area contributed by atoms with Gasteiger partial charge < -0.3 is 19.9 Å². The third kappa shape index (κ3) is 4.71. The number of amides is 3. The highest BCUT2D eigenvalue weighted by molar-refractivity contribution is 6.07. The number of ether oxygens (including phenoxy) is 1. The molecule has 3 heterocycles. The van der Waals surface area contributed by atoms with Gasteiger partial charge in [-0.25, -0.2) is 0 Å². The number of nitriles is 1. The van der Waals surface area contributed by atoms with E-state index in [9.17, 15) is 19.6 Å². The lowest BCUT2D eigenvalue weighted by Gasteiger charge is -2.33. The van der Waals surface area contributed by atoms with E-state index >= 15 is 0 Å². The van der Waals surface area contributed by atoms with E-state index in [1.54, 1.807) is 13.1 Å². The fourth-order valence-electron chi connectivity index (χ4n) is 6.62. The molecule has 1 saturated heterocycles. The molecule has 2 aromatic carbocycles. The number of nitrogens with zero attached hydrogens (tertiary/aromatic N) is 5. The van der Waals surface area contributed by atoms with Crippen molar-refractivity contribution in [2.75, 3.05) is 18.9 Å². The second kappa shape index (κ2) is 10.1. The summed E-state index contributed by atoms with van der Waals surface area (Å²) in [6.45, 7) is 4.11. The standard InChI is InChI=1S/C33H36N6O4/c1-19(2)12-27(31(41)38-18-33(15-23(38)16-34)25-6-4-5-7-26(25)35-32(33)42)37(3)30(40)20-13-21-17-39(22-8-9-22)36-29(21)28(14-20)43-24-10-11-24/h4-7,13-14,17,19,22-24,27H,8-12,15,18H2,1-3H3,(H,35,42)/t23-,27-,33-/m0/s1. The van der Waals surface area contributed by atoms with E-state index in [0.29, 0.717) is 29.5 Å². The Morgan fingerprint density at radius 2 is 1.98 bits per heavy atom. The summed E-state index contributed by atoms with van der Waals surface area (Å²) in [4.78, 5) is 44.7. The van der Waals surface area contributed by atoms with Crippen LogP contribution in [0.2, 0.25) is 0 Å². The summed E-state index contributed by atoms with van der Waals surface area (Å²) in [5.41, 5.74) is 1.72. The molecule has 3 atom stereocenters. The van der Waals surface area contributed by atoms with E-state index in [1.165, 1.54) is 9.80 Å². The van der Waals surface area contributed by atoms with Gasteiger partial charge in [0.05, 0.1) is 23.6 Å². The lowest BCUT2D eigenvalue weighted by Crippen LogP contribution is -2.52. The number of carbonyl (C=O) groups excluding carboxylic acids is 3. The number of benzene rings is 2. The first-order valence-corrected chi connectivity index (χ1v) is 15.3. The van der Waals surface area contributed by atoms with Crippen molar-refractivity contribution in [1.29, 1.82) is 5.26 Å². The van der Waals surface area contributed by atoms with Crippen molar-refractivity contribution in [3.05, 3.63) is 53.7 Å². The van der Waals surface area contributed by atoms with Gasteiger partial charge in [0.25, 0.3) is 5.91 Å². The normalized spacial score (nSPS) is 23.4. The number of rotatable bonds is 8. The van der Waals surface area contributed by atoms with E-state index in [1.807, 2.05) is 55.1 Å². The van der Waals surface area contributed by atoms with Crippen molar-refractivity contribution in [3.8, 4) is 11.8 Å². The van der Waals surface area contributed by atoms with Crippen molar-refractivity contribution in [3.63, 3.8) is 0 Å². The van der Waals surface area contributed by atoms with Gasteiger partial charge in [0.2, 0.25) is 11.8 Å². The number of hydrogen-bond acceptors (Lipinski definition) is 6. The fourth-order valence-corrected chi connectivity index (χ4v) is 6.62. The van der Waals surface area contributed by atoms with Gasteiger partial charge in [0.15, 0.2) is 0 Å². The van der Waals surface area contributed by atoms with Crippen molar-refractivity contribution < 1.29 is 19.1 Å². The third-order valence-corrected chi connectivity index (χ3v) is 9.26. The number of hydrogen-bond donors (Lipinski definition) is 1. The van der Waals surface area contributed by atoms with E-state index in [0.717, 1.165) is 42.1 Å². The summed E-state index contributed by atoms with van der Waals surface area (Å²) >= 11 is 0. The molecule has 4 aliphatic rings. The lowest BCUT2D eigenvalue weighted by molar-refractivity contribution is -0.136. The van der Waals surface area contributed by atoms with E-state index in [4.69, 9.17) is 9.84 Å². The van der Waals surface area contributed by atoms with Crippen LogP contribution < -0.4 is 10.1 Å². The van der Waals surface area contributed by atoms with Gasteiger partial charge in [-0.3, -0.25) is 19.1 Å². The number of aromatic nitrogens is 2. The molecule has 3 fully saturated rings. The number of carbonyl (C=O) groups is 3. The summed E-state index contributed by atoms with van der Waals surface area (Å²) in [6.07, 6.45) is 6.89. The molecule has 222 valence electrons. The zero-order chi connectivity index (χ0) is 30.0. The minimum Gasteiger partial charge on any atom is -0.488 e. The quantitative estimate of drug-likeness (QED) is 0.421. The molecule has 2 aliphatic heterocycles. The molecule has 43 heavy (non-hydrogen) atoms. The van der Waals surface area contributed by atoms with Crippen LogP contribution in [0, 0.1) is 17.2 Å². The van der Waals surface area contributed by atoms with Crippen molar-refractivity contribution in [1.82, 2.24) is 19.6 Å². The average molecular weight is 581 g/mol. The Balaban J connectivity index is 1.20. The summed E-state index contributed by atoms with van der Waals surface area (Å²) in [6, 6.07) is 12.1. The van der Waals surface area contributed by atoms with E-state index < -0.39 is 17.5 Å². The van der Waals surface area contributed by atoms with Crippen molar-refractivity contribution in [2.24, 2.45) is 5.92 Å². The van der Waals surface area contributed by atoms with Crippen LogP contribution in [0.25, 0.3) is 10.9 Å². The fraction of sp³-hybridized carbons (Fsp3) is 0.485. The molecule has 1 spiro atoms. The molecule has 7 rings (SSSR count). The van der Waals surface area contributed by atoms with Gasteiger partial charge in [-0.05, 0) is 61.8 Å². The number of anilines is 1. The molecule has 1 aromatic heterocycles. The molecule has 1 N–H and O–H groups in total. The van der Waals surface area contributed by atoms with Crippen LogP contribution in [0.3, 0.4) is 0 Å². The van der Waals surface area contributed by atoms with Crippen LogP contribution in [0.4, 0.5) is 5.69 Å². The van der Waals surface area contributed by atoms with Gasteiger partial charge in [-0.15, -0.1) is 0 Å². The SMILES string of the molecule is CC(C)C[C@@H](C(=O)N1C[C@]2(C[C@H]1C#N)C(=O)Nc1ccccc12)N(C)C(=O)c1cc(OC2CC2)c2nn(C3CC3)cc2c1. The second-order valence-corrected chi connectivity index (χ2v) is 13.0. The zero-order valence-electron chi connectivity index (χ0n) is 24.7. The molecule has 3 aromatic rings. The molecule has 2 saturated carbocycles. The lowest BCUT2D eigenvalue weighted by atomic mass is 9.80. The summed E-state index contributed by atoms with van der Waals surface area (Å²) in [5, 5.41) is 18.7.